The van der Waals surface area contributed by atoms with E-state index in [-0.39, 0.29) is 6.61 Å². The molecule has 1 heterocycles. The van der Waals surface area contributed by atoms with E-state index in [2.05, 4.69) is 16.5 Å². The van der Waals surface area contributed by atoms with Crippen LogP contribution in [0, 0.1) is 0 Å². The number of unbranched alkanes of at least 4 members (excludes halogenated alkanes) is 2. The number of benzene rings is 1. The molecule has 0 unspecified atom stereocenters. The molecule has 2 rings (SSSR count). The Morgan fingerprint density at radius 2 is 2.00 bits per heavy atom. The van der Waals surface area contributed by atoms with Gasteiger partial charge in [0.15, 0.2) is 0 Å². The Balaban J connectivity index is 1.96. The van der Waals surface area contributed by atoms with E-state index in [1.807, 2.05) is 35.1 Å². The second-order valence-electron chi connectivity index (χ2n) is 4.18. The quantitative estimate of drug-likeness (QED) is 0.737. The van der Waals surface area contributed by atoms with E-state index in [4.69, 9.17) is 5.11 Å². The Labute approximate surface area is 107 Å². The summed E-state index contributed by atoms with van der Waals surface area (Å²) in [6.45, 7) is 1.20. The molecule has 96 valence electrons. The van der Waals surface area contributed by atoms with Gasteiger partial charge in [0, 0.05) is 25.5 Å². The molecule has 1 aromatic carbocycles. The van der Waals surface area contributed by atoms with Gasteiger partial charge in [-0.3, -0.25) is 0 Å². The number of hydrogen-bond acceptors (Lipinski definition) is 3. The van der Waals surface area contributed by atoms with E-state index in [1.165, 1.54) is 0 Å². The number of hydrogen-bond donors (Lipinski definition) is 2. The Bertz CT molecular complexity index is 454. The standard InChI is InChI=1S/C14H19N3O/c18-12-5-1-4-9-15-13-7-2-3-8-14(13)17-11-6-10-16-17/h2-3,6-8,10-11,15,18H,1,4-5,9,12H2. The van der Waals surface area contributed by atoms with Crippen molar-refractivity contribution in [3.05, 3.63) is 42.7 Å². The van der Waals surface area contributed by atoms with Crippen molar-refractivity contribution in [1.82, 2.24) is 9.78 Å². The number of aromatic nitrogens is 2. The van der Waals surface area contributed by atoms with Crippen LogP contribution in [0.5, 0.6) is 0 Å². The van der Waals surface area contributed by atoms with Crippen LogP contribution in [0.15, 0.2) is 42.7 Å². The van der Waals surface area contributed by atoms with Gasteiger partial charge in [-0.2, -0.15) is 5.10 Å². The zero-order valence-corrected chi connectivity index (χ0v) is 10.4. The Morgan fingerprint density at radius 3 is 2.78 bits per heavy atom. The highest BCUT2D eigenvalue weighted by molar-refractivity contribution is 5.60. The number of rotatable bonds is 7. The molecule has 2 aromatic rings. The van der Waals surface area contributed by atoms with Crippen molar-refractivity contribution in [3.63, 3.8) is 0 Å². The first-order valence-electron chi connectivity index (χ1n) is 6.35. The maximum atomic E-state index is 8.72. The molecule has 0 saturated heterocycles. The van der Waals surface area contributed by atoms with Gasteiger partial charge in [-0.15, -0.1) is 0 Å². The Kier molecular flexibility index (Phi) is 4.78. The minimum atomic E-state index is 0.282. The van der Waals surface area contributed by atoms with Gasteiger partial charge < -0.3 is 10.4 Å². The third-order valence-corrected chi connectivity index (χ3v) is 2.81. The summed E-state index contributed by atoms with van der Waals surface area (Å²) in [7, 11) is 0. The minimum Gasteiger partial charge on any atom is -0.396 e. The van der Waals surface area contributed by atoms with Crippen molar-refractivity contribution in [2.24, 2.45) is 0 Å². The second-order valence-corrected chi connectivity index (χ2v) is 4.18. The van der Waals surface area contributed by atoms with Crippen molar-refractivity contribution < 1.29 is 5.11 Å². The monoisotopic (exact) mass is 245 g/mol. The smallest absolute Gasteiger partial charge is 0.0876 e. The second kappa shape index (κ2) is 6.81. The van der Waals surface area contributed by atoms with Gasteiger partial charge in [-0.1, -0.05) is 12.1 Å². The van der Waals surface area contributed by atoms with Gasteiger partial charge >= 0.3 is 0 Å². The Hall–Kier alpha value is -1.81. The highest BCUT2D eigenvalue weighted by Gasteiger charge is 2.02. The number of nitrogens with one attached hydrogen (secondary N) is 1. The van der Waals surface area contributed by atoms with Crippen LogP contribution in [0.1, 0.15) is 19.3 Å². The van der Waals surface area contributed by atoms with Crippen molar-refractivity contribution in [2.75, 3.05) is 18.5 Å². The molecular formula is C14H19N3O. The fraction of sp³-hybridized carbons (Fsp3) is 0.357. The van der Waals surface area contributed by atoms with Crippen molar-refractivity contribution in [1.29, 1.82) is 0 Å². The molecule has 0 bridgehead atoms. The van der Waals surface area contributed by atoms with Crippen molar-refractivity contribution in [2.45, 2.75) is 19.3 Å². The summed E-state index contributed by atoms with van der Waals surface area (Å²) in [6, 6.07) is 10.0. The maximum Gasteiger partial charge on any atom is 0.0876 e. The normalized spacial score (nSPS) is 10.5. The van der Waals surface area contributed by atoms with E-state index in [1.54, 1.807) is 6.20 Å². The van der Waals surface area contributed by atoms with Gasteiger partial charge in [0.05, 0.1) is 11.4 Å². The SMILES string of the molecule is OCCCCCNc1ccccc1-n1cccn1. The third kappa shape index (κ3) is 3.34. The lowest BCUT2D eigenvalue weighted by molar-refractivity contribution is 0.283. The topological polar surface area (TPSA) is 50.1 Å². The summed E-state index contributed by atoms with van der Waals surface area (Å²) in [6.07, 6.45) is 6.70. The average Bonchev–Trinajstić information content (AvgIpc) is 2.93. The number of para-hydroxylation sites is 2. The lowest BCUT2D eigenvalue weighted by Gasteiger charge is -2.11. The number of nitrogens with zero attached hydrogens (tertiary/aromatic N) is 2. The average molecular weight is 245 g/mol. The largest absolute Gasteiger partial charge is 0.396 e. The van der Waals surface area contributed by atoms with Crippen LogP contribution in [-0.4, -0.2) is 28.0 Å². The molecular weight excluding hydrogens is 226 g/mol. The molecule has 0 spiro atoms. The van der Waals surface area contributed by atoms with Crippen LogP contribution >= 0.6 is 0 Å². The predicted octanol–water partition coefficient (Wildman–Crippen LogP) is 2.45. The van der Waals surface area contributed by atoms with Crippen LogP contribution in [0.2, 0.25) is 0 Å². The molecule has 4 heteroatoms. The molecule has 0 aliphatic heterocycles. The molecule has 1 aromatic heterocycles. The van der Waals surface area contributed by atoms with Crippen LogP contribution in [0.4, 0.5) is 5.69 Å². The molecule has 0 atom stereocenters. The zero-order valence-electron chi connectivity index (χ0n) is 10.4. The molecule has 0 radical (unpaired) electrons. The Morgan fingerprint density at radius 1 is 1.11 bits per heavy atom. The lowest BCUT2D eigenvalue weighted by Crippen LogP contribution is -2.06. The van der Waals surface area contributed by atoms with Crippen LogP contribution in [0.3, 0.4) is 0 Å². The molecule has 0 fully saturated rings. The van der Waals surface area contributed by atoms with Crippen molar-refractivity contribution in [3.8, 4) is 5.69 Å². The summed E-state index contributed by atoms with van der Waals surface area (Å²) < 4.78 is 1.86. The molecule has 0 amide bonds. The van der Waals surface area contributed by atoms with E-state index >= 15 is 0 Å². The van der Waals surface area contributed by atoms with E-state index in [0.29, 0.717) is 0 Å². The van der Waals surface area contributed by atoms with Gasteiger partial charge in [0.25, 0.3) is 0 Å². The highest BCUT2D eigenvalue weighted by Crippen LogP contribution is 2.18. The number of aliphatic hydroxyl groups excluding tert-OH is 1. The molecule has 0 aliphatic carbocycles. The summed E-state index contributed by atoms with van der Waals surface area (Å²) in [5.74, 6) is 0. The summed E-state index contributed by atoms with van der Waals surface area (Å²) in [4.78, 5) is 0. The number of anilines is 1. The molecule has 18 heavy (non-hydrogen) atoms. The summed E-state index contributed by atoms with van der Waals surface area (Å²) in [5.41, 5.74) is 2.15. The van der Waals surface area contributed by atoms with Gasteiger partial charge in [0.2, 0.25) is 0 Å². The fourth-order valence-electron chi connectivity index (χ4n) is 1.87. The first-order chi connectivity index (χ1) is 8.92. The van der Waals surface area contributed by atoms with E-state index in [0.717, 1.165) is 37.2 Å². The number of aliphatic hydroxyl groups is 1. The zero-order chi connectivity index (χ0) is 12.6. The van der Waals surface area contributed by atoms with Gasteiger partial charge in [-0.05, 0) is 37.5 Å². The maximum absolute atomic E-state index is 8.72. The molecule has 2 N–H and O–H groups in total. The predicted molar refractivity (Wildman–Crippen MR) is 73.0 cm³/mol. The summed E-state index contributed by atoms with van der Waals surface area (Å²) >= 11 is 0. The minimum absolute atomic E-state index is 0.282. The van der Waals surface area contributed by atoms with E-state index < -0.39 is 0 Å². The van der Waals surface area contributed by atoms with Gasteiger partial charge in [-0.25, -0.2) is 4.68 Å². The summed E-state index contributed by atoms with van der Waals surface area (Å²) in [5, 5.41) is 16.4. The highest BCUT2D eigenvalue weighted by atomic mass is 16.2. The first-order valence-corrected chi connectivity index (χ1v) is 6.35. The van der Waals surface area contributed by atoms with E-state index in [9.17, 15) is 0 Å². The van der Waals surface area contributed by atoms with Crippen LogP contribution in [0.25, 0.3) is 5.69 Å². The van der Waals surface area contributed by atoms with Crippen LogP contribution in [-0.2, 0) is 0 Å². The van der Waals surface area contributed by atoms with Gasteiger partial charge in [0.1, 0.15) is 0 Å². The fourth-order valence-corrected chi connectivity index (χ4v) is 1.87. The molecule has 4 nitrogen and oxygen atoms in total. The first kappa shape index (κ1) is 12.6. The third-order valence-electron chi connectivity index (χ3n) is 2.81. The lowest BCUT2D eigenvalue weighted by atomic mass is 10.2. The molecule has 0 aliphatic rings. The van der Waals surface area contributed by atoms with Crippen molar-refractivity contribution >= 4 is 5.69 Å². The molecule has 0 saturated carbocycles. The van der Waals surface area contributed by atoms with Crippen LogP contribution < -0.4 is 5.32 Å².